The molecule has 2 aliphatic rings. The van der Waals surface area contributed by atoms with Crippen LogP contribution in [-0.4, -0.2) is 39.9 Å². The molecule has 0 saturated carbocycles. The van der Waals surface area contributed by atoms with E-state index in [-0.39, 0.29) is 23.3 Å². The molecule has 0 fully saturated rings. The number of carbonyl (C=O) groups is 1. The fraction of sp³-hybridized carbons (Fsp3) is 0.500. The van der Waals surface area contributed by atoms with Crippen LogP contribution < -0.4 is 10.1 Å². The van der Waals surface area contributed by atoms with Gasteiger partial charge >= 0.3 is 6.03 Å². The predicted octanol–water partition coefficient (Wildman–Crippen LogP) is 2.66. The zero-order chi connectivity index (χ0) is 19.2. The number of hydrogen-bond donors (Lipinski definition) is 1. The standard InChI is InChI=1S/C20H25FN4O2/c1-20(2)8-17-14(9-22-24(17)3)10-25(12-20)19(26)23-16-7-13-6-15(21)4-5-18(13)27-11-16/h4-6,9,16H,7-8,10-12H2,1-3H3,(H,23,26). The van der Waals surface area contributed by atoms with Crippen LogP contribution in [0.3, 0.4) is 0 Å². The molecule has 7 heteroatoms. The lowest BCUT2D eigenvalue weighted by molar-refractivity contribution is 0.156. The molecule has 2 aromatic rings. The second-order valence-electron chi connectivity index (χ2n) is 8.35. The van der Waals surface area contributed by atoms with Gasteiger partial charge in [-0.2, -0.15) is 5.10 Å². The molecule has 1 aromatic heterocycles. The maximum absolute atomic E-state index is 13.5. The van der Waals surface area contributed by atoms with Gasteiger partial charge in [-0.25, -0.2) is 9.18 Å². The molecule has 144 valence electrons. The van der Waals surface area contributed by atoms with Gasteiger partial charge in [-0.1, -0.05) is 13.8 Å². The van der Waals surface area contributed by atoms with Gasteiger partial charge < -0.3 is 15.0 Å². The van der Waals surface area contributed by atoms with E-state index in [2.05, 4.69) is 24.3 Å². The lowest BCUT2D eigenvalue weighted by Crippen LogP contribution is -2.50. The third-order valence-electron chi connectivity index (χ3n) is 5.32. The van der Waals surface area contributed by atoms with Gasteiger partial charge in [0.2, 0.25) is 0 Å². The monoisotopic (exact) mass is 372 g/mol. The summed E-state index contributed by atoms with van der Waals surface area (Å²) < 4.78 is 21.1. The van der Waals surface area contributed by atoms with E-state index >= 15 is 0 Å². The Morgan fingerprint density at radius 3 is 3.00 bits per heavy atom. The van der Waals surface area contributed by atoms with E-state index in [1.165, 1.54) is 17.8 Å². The zero-order valence-corrected chi connectivity index (χ0v) is 16.0. The van der Waals surface area contributed by atoms with E-state index in [0.717, 1.165) is 17.5 Å². The van der Waals surface area contributed by atoms with Gasteiger partial charge in [0.05, 0.1) is 18.8 Å². The van der Waals surface area contributed by atoms with Gasteiger partial charge in [0.1, 0.15) is 18.2 Å². The highest BCUT2D eigenvalue weighted by Crippen LogP contribution is 2.30. The molecule has 6 nitrogen and oxygen atoms in total. The number of halogens is 1. The van der Waals surface area contributed by atoms with Crippen LogP contribution in [0.25, 0.3) is 0 Å². The highest BCUT2D eigenvalue weighted by atomic mass is 19.1. The molecular weight excluding hydrogens is 347 g/mol. The lowest BCUT2D eigenvalue weighted by Gasteiger charge is -2.32. The molecule has 0 radical (unpaired) electrons. The summed E-state index contributed by atoms with van der Waals surface area (Å²) in [5.41, 5.74) is 3.01. The maximum atomic E-state index is 13.5. The van der Waals surface area contributed by atoms with Crippen LogP contribution >= 0.6 is 0 Å². The van der Waals surface area contributed by atoms with Crippen molar-refractivity contribution in [3.63, 3.8) is 0 Å². The Balaban J connectivity index is 1.48. The predicted molar refractivity (Wildman–Crippen MR) is 99.0 cm³/mol. The van der Waals surface area contributed by atoms with Crippen LogP contribution in [0.1, 0.15) is 30.7 Å². The number of urea groups is 1. The van der Waals surface area contributed by atoms with E-state index in [9.17, 15) is 9.18 Å². The van der Waals surface area contributed by atoms with Gasteiger partial charge in [0, 0.05) is 24.8 Å². The number of aryl methyl sites for hydroxylation is 1. The first-order chi connectivity index (χ1) is 12.8. The van der Waals surface area contributed by atoms with Crippen molar-refractivity contribution in [3.05, 3.63) is 47.0 Å². The zero-order valence-electron chi connectivity index (χ0n) is 16.0. The summed E-state index contributed by atoms with van der Waals surface area (Å²) in [6, 6.07) is 4.22. The second-order valence-corrected chi connectivity index (χ2v) is 8.35. The number of nitrogens with one attached hydrogen (secondary N) is 1. The number of ether oxygens (including phenoxy) is 1. The van der Waals surface area contributed by atoms with Crippen LogP contribution in [0.5, 0.6) is 5.75 Å². The summed E-state index contributed by atoms with van der Waals surface area (Å²) in [5.74, 6) is 0.403. The van der Waals surface area contributed by atoms with Crippen molar-refractivity contribution in [1.29, 1.82) is 0 Å². The molecule has 1 aromatic carbocycles. The van der Waals surface area contributed by atoms with E-state index in [4.69, 9.17) is 4.74 Å². The summed E-state index contributed by atoms with van der Waals surface area (Å²) in [6.07, 6.45) is 3.29. The summed E-state index contributed by atoms with van der Waals surface area (Å²) in [4.78, 5) is 14.8. The number of fused-ring (bicyclic) bond motifs is 2. The molecule has 1 atom stereocenters. The van der Waals surface area contributed by atoms with Crippen LogP contribution in [0.2, 0.25) is 0 Å². The smallest absolute Gasteiger partial charge is 0.318 e. The van der Waals surface area contributed by atoms with Gasteiger partial charge in [-0.15, -0.1) is 0 Å². The molecule has 2 aliphatic heterocycles. The van der Waals surface area contributed by atoms with Crippen molar-refractivity contribution in [2.24, 2.45) is 12.5 Å². The van der Waals surface area contributed by atoms with Crippen molar-refractivity contribution < 1.29 is 13.9 Å². The maximum Gasteiger partial charge on any atom is 0.318 e. The molecule has 1 unspecified atom stereocenters. The first-order valence-corrected chi connectivity index (χ1v) is 9.27. The summed E-state index contributed by atoms with van der Waals surface area (Å²) >= 11 is 0. The molecule has 3 heterocycles. The normalized spacial score (nSPS) is 20.9. The molecule has 1 N–H and O–H groups in total. The van der Waals surface area contributed by atoms with E-state index in [1.54, 1.807) is 6.07 Å². The minimum absolute atomic E-state index is 0.0465. The largest absolute Gasteiger partial charge is 0.491 e. The van der Waals surface area contributed by atoms with Gasteiger partial charge in [-0.3, -0.25) is 4.68 Å². The molecule has 0 bridgehead atoms. The molecule has 0 spiro atoms. The Morgan fingerprint density at radius 2 is 2.19 bits per heavy atom. The third kappa shape index (κ3) is 3.63. The number of carbonyl (C=O) groups excluding carboxylic acids is 1. The van der Waals surface area contributed by atoms with Crippen molar-refractivity contribution in [2.75, 3.05) is 13.2 Å². The number of rotatable bonds is 1. The fourth-order valence-electron chi connectivity index (χ4n) is 4.02. The van der Waals surface area contributed by atoms with Crippen molar-refractivity contribution in [2.45, 2.75) is 39.3 Å². The Labute approximate surface area is 158 Å². The minimum Gasteiger partial charge on any atom is -0.491 e. The highest BCUT2D eigenvalue weighted by Gasteiger charge is 2.33. The van der Waals surface area contributed by atoms with Gasteiger partial charge in [-0.05, 0) is 42.0 Å². The first kappa shape index (κ1) is 17.8. The Bertz CT molecular complexity index is 877. The van der Waals surface area contributed by atoms with E-state index in [1.807, 2.05) is 22.8 Å². The fourth-order valence-corrected chi connectivity index (χ4v) is 4.02. The Hall–Kier alpha value is -2.57. The number of amides is 2. The summed E-state index contributed by atoms with van der Waals surface area (Å²) in [7, 11) is 1.95. The average molecular weight is 372 g/mol. The average Bonchev–Trinajstić information content (AvgIpc) is 2.85. The lowest BCUT2D eigenvalue weighted by atomic mass is 9.87. The Kier molecular flexibility index (Phi) is 4.32. The van der Waals surface area contributed by atoms with Crippen LogP contribution in [-0.2, 0) is 26.4 Å². The molecule has 4 rings (SSSR count). The van der Waals surface area contributed by atoms with Crippen molar-refractivity contribution in [3.8, 4) is 5.75 Å². The molecule has 0 aliphatic carbocycles. The third-order valence-corrected chi connectivity index (χ3v) is 5.32. The van der Waals surface area contributed by atoms with Gasteiger partial charge in [0.15, 0.2) is 0 Å². The topological polar surface area (TPSA) is 59.4 Å². The molecule has 2 amide bonds. The van der Waals surface area contributed by atoms with Crippen LogP contribution in [0, 0.1) is 11.2 Å². The molecule has 27 heavy (non-hydrogen) atoms. The molecular formula is C20H25FN4O2. The second kappa shape index (κ2) is 6.55. The highest BCUT2D eigenvalue weighted by molar-refractivity contribution is 5.75. The van der Waals surface area contributed by atoms with Crippen LogP contribution in [0.4, 0.5) is 9.18 Å². The minimum atomic E-state index is -0.289. The van der Waals surface area contributed by atoms with Crippen molar-refractivity contribution in [1.82, 2.24) is 20.0 Å². The number of aromatic nitrogens is 2. The van der Waals surface area contributed by atoms with E-state index in [0.29, 0.717) is 31.9 Å². The number of hydrogen-bond acceptors (Lipinski definition) is 3. The first-order valence-electron chi connectivity index (χ1n) is 9.27. The summed E-state index contributed by atoms with van der Waals surface area (Å²) in [5, 5.41) is 7.42. The number of benzene rings is 1. The van der Waals surface area contributed by atoms with Crippen molar-refractivity contribution >= 4 is 6.03 Å². The Morgan fingerprint density at radius 1 is 1.37 bits per heavy atom. The SMILES string of the molecule is Cn1ncc2c1CC(C)(C)CN(C(=O)NC1COc3ccc(F)cc3C1)C2. The van der Waals surface area contributed by atoms with Crippen LogP contribution in [0.15, 0.2) is 24.4 Å². The number of nitrogens with zero attached hydrogens (tertiary/aromatic N) is 3. The molecule has 0 saturated heterocycles. The summed E-state index contributed by atoms with van der Waals surface area (Å²) in [6.45, 7) is 5.92. The van der Waals surface area contributed by atoms with E-state index < -0.39 is 0 Å². The quantitative estimate of drug-likeness (QED) is 0.837. The van der Waals surface area contributed by atoms with Gasteiger partial charge in [0.25, 0.3) is 0 Å².